The Labute approximate surface area is 199 Å². The Bertz CT molecular complexity index is 1200. The van der Waals surface area contributed by atoms with Crippen LogP contribution in [0.4, 0.5) is 0 Å². The van der Waals surface area contributed by atoms with Crippen molar-refractivity contribution in [2.45, 2.75) is 43.4 Å². The summed E-state index contributed by atoms with van der Waals surface area (Å²) >= 11 is 1.71. The van der Waals surface area contributed by atoms with Crippen LogP contribution in [0.1, 0.15) is 53.9 Å². The summed E-state index contributed by atoms with van der Waals surface area (Å²) in [7, 11) is -3.58. The lowest BCUT2D eigenvalue weighted by Crippen LogP contribution is -2.38. The second-order valence-corrected chi connectivity index (χ2v) is 12.2. The highest BCUT2D eigenvalue weighted by molar-refractivity contribution is 7.89. The third-order valence-corrected chi connectivity index (χ3v) is 10.0. The third kappa shape index (κ3) is 4.56. The summed E-state index contributed by atoms with van der Waals surface area (Å²) in [4.78, 5) is 19.7. The second-order valence-electron chi connectivity index (χ2n) is 9.20. The Hall–Kier alpha value is -2.29. The predicted octanol–water partition coefficient (Wildman–Crippen LogP) is 4.74. The number of carbonyl (C=O) groups excluding carboxylic acids is 1. The van der Waals surface area contributed by atoms with E-state index in [2.05, 4.69) is 13.0 Å². The number of amides is 1. The molecule has 0 bridgehead atoms. The lowest BCUT2D eigenvalue weighted by molar-refractivity contribution is 0.0697. The molecule has 0 N–H and O–H groups in total. The van der Waals surface area contributed by atoms with Crippen LogP contribution in [0.2, 0.25) is 0 Å². The van der Waals surface area contributed by atoms with Gasteiger partial charge in [0.15, 0.2) is 0 Å². The standard InChI is InChI=1S/C25H29N3O3S2/c1-18-10-14-27(15-11-18)25(29)20-6-8-21(9-7-20)33(30,31)28-16-12-19(13-17-28)24-26-22-4-2-3-5-23(22)32-24/h2-9,18-19H,10-17H2,1H3. The number of likely N-dealkylation sites (tertiary alicyclic amines) is 1. The number of nitrogens with zero attached hydrogens (tertiary/aromatic N) is 3. The van der Waals surface area contributed by atoms with E-state index in [4.69, 9.17) is 4.98 Å². The molecule has 8 heteroatoms. The van der Waals surface area contributed by atoms with Crippen molar-refractivity contribution in [3.63, 3.8) is 0 Å². The highest BCUT2D eigenvalue weighted by Crippen LogP contribution is 2.35. The Morgan fingerprint density at radius 1 is 0.939 bits per heavy atom. The fourth-order valence-electron chi connectivity index (χ4n) is 4.72. The van der Waals surface area contributed by atoms with Crippen LogP contribution in [-0.4, -0.2) is 54.7 Å². The highest BCUT2D eigenvalue weighted by Gasteiger charge is 2.31. The molecule has 1 aromatic heterocycles. The highest BCUT2D eigenvalue weighted by atomic mass is 32.2. The maximum atomic E-state index is 13.2. The Morgan fingerprint density at radius 3 is 2.27 bits per heavy atom. The number of hydrogen-bond acceptors (Lipinski definition) is 5. The number of thiazole rings is 1. The average Bonchev–Trinajstić information content (AvgIpc) is 3.29. The van der Waals surface area contributed by atoms with E-state index >= 15 is 0 Å². The molecule has 174 valence electrons. The summed E-state index contributed by atoms with van der Waals surface area (Å²) in [6, 6.07) is 14.6. The molecule has 6 nitrogen and oxygen atoms in total. The van der Waals surface area contributed by atoms with E-state index in [0.717, 1.165) is 49.3 Å². The number of para-hydroxylation sites is 1. The van der Waals surface area contributed by atoms with Crippen molar-refractivity contribution < 1.29 is 13.2 Å². The zero-order chi connectivity index (χ0) is 23.0. The molecule has 3 heterocycles. The number of sulfonamides is 1. The molecule has 2 aliphatic rings. The van der Waals surface area contributed by atoms with Crippen molar-refractivity contribution in [1.82, 2.24) is 14.2 Å². The zero-order valence-corrected chi connectivity index (χ0v) is 20.4. The van der Waals surface area contributed by atoms with Gasteiger partial charge >= 0.3 is 0 Å². The fraction of sp³-hybridized carbons (Fsp3) is 0.440. The van der Waals surface area contributed by atoms with Gasteiger partial charge in [-0.25, -0.2) is 13.4 Å². The fourth-order valence-corrected chi connectivity index (χ4v) is 7.33. The number of benzene rings is 2. The van der Waals surface area contributed by atoms with Gasteiger partial charge in [-0.05, 0) is 68.0 Å². The lowest BCUT2D eigenvalue weighted by Gasteiger charge is -2.31. The van der Waals surface area contributed by atoms with Gasteiger partial charge in [0.05, 0.1) is 20.1 Å². The van der Waals surface area contributed by atoms with Gasteiger partial charge in [0.1, 0.15) is 0 Å². The number of rotatable bonds is 4. The second kappa shape index (κ2) is 9.16. The number of carbonyl (C=O) groups is 1. The molecule has 0 saturated carbocycles. The first kappa shape index (κ1) is 22.5. The average molecular weight is 484 g/mol. The predicted molar refractivity (Wildman–Crippen MR) is 131 cm³/mol. The molecule has 3 aromatic rings. The van der Waals surface area contributed by atoms with Crippen molar-refractivity contribution in [3.05, 3.63) is 59.1 Å². The van der Waals surface area contributed by atoms with Crippen molar-refractivity contribution in [1.29, 1.82) is 0 Å². The molecular formula is C25H29N3O3S2. The van der Waals surface area contributed by atoms with E-state index in [1.807, 2.05) is 23.1 Å². The Balaban J connectivity index is 1.24. The van der Waals surface area contributed by atoms with Gasteiger partial charge in [0, 0.05) is 37.7 Å². The molecule has 0 unspecified atom stereocenters. The molecule has 2 aromatic carbocycles. The van der Waals surface area contributed by atoms with Gasteiger partial charge in [-0.2, -0.15) is 4.31 Å². The summed E-state index contributed by atoms with van der Waals surface area (Å²) in [5.41, 5.74) is 1.57. The molecule has 0 radical (unpaired) electrons. The summed E-state index contributed by atoms with van der Waals surface area (Å²) in [6.07, 6.45) is 3.57. The van der Waals surface area contributed by atoms with E-state index in [1.54, 1.807) is 39.9 Å². The van der Waals surface area contributed by atoms with Crippen molar-refractivity contribution in [2.24, 2.45) is 5.92 Å². The van der Waals surface area contributed by atoms with Crippen molar-refractivity contribution in [2.75, 3.05) is 26.2 Å². The largest absolute Gasteiger partial charge is 0.339 e. The SMILES string of the molecule is CC1CCN(C(=O)c2ccc(S(=O)(=O)N3CCC(c4nc5ccccc5s4)CC3)cc2)CC1. The van der Waals surface area contributed by atoms with Crippen LogP contribution in [0.15, 0.2) is 53.4 Å². The molecule has 2 aliphatic heterocycles. The number of hydrogen-bond donors (Lipinski definition) is 0. The van der Waals surface area contributed by atoms with Gasteiger partial charge in [-0.15, -0.1) is 11.3 Å². The lowest BCUT2D eigenvalue weighted by atomic mass is 9.98. The minimum atomic E-state index is -3.58. The van der Waals surface area contributed by atoms with Crippen molar-refractivity contribution in [3.8, 4) is 0 Å². The molecule has 1 amide bonds. The van der Waals surface area contributed by atoms with Gasteiger partial charge in [0.25, 0.3) is 5.91 Å². The molecule has 0 atom stereocenters. The third-order valence-electron chi connectivity index (χ3n) is 6.92. The van der Waals surface area contributed by atoms with Gasteiger partial charge in [-0.1, -0.05) is 19.1 Å². The molecule has 5 rings (SSSR count). The van der Waals surface area contributed by atoms with Gasteiger partial charge < -0.3 is 4.90 Å². The maximum absolute atomic E-state index is 13.2. The number of piperidine rings is 2. The molecule has 0 spiro atoms. The van der Waals surface area contributed by atoms with E-state index < -0.39 is 10.0 Å². The molecule has 2 fully saturated rings. The monoisotopic (exact) mass is 483 g/mol. The summed E-state index contributed by atoms with van der Waals surface area (Å²) < 4.78 is 29.2. The minimum Gasteiger partial charge on any atom is -0.339 e. The first-order valence-electron chi connectivity index (χ1n) is 11.7. The van der Waals surface area contributed by atoms with E-state index in [-0.39, 0.29) is 10.8 Å². The molecule has 2 saturated heterocycles. The van der Waals surface area contributed by atoms with Crippen LogP contribution < -0.4 is 0 Å². The zero-order valence-electron chi connectivity index (χ0n) is 18.8. The topological polar surface area (TPSA) is 70.6 Å². The normalized spacial score (nSPS) is 19.2. The first-order chi connectivity index (χ1) is 15.9. The summed E-state index contributed by atoms with van der Waals surface area (Å²) in [6.45, 7) is 4.71. The smallest absolute Gasteiger partial charge is 0.253 e. The van der Waals surface area contributed by atoms with Gasteiger partial charge in [0.2, 0.25) is 10.0 Å². The van der Waals surface area contributed by atoms with E-state index in [9.17, 15) is 13.2 Å². The minimum absolute atomic E-state index is 0.0116. The Morgan fingerprint density at radius 2 is 1.61 bits per heavy atom. The van der Waals surface area contributed by atoms with Crippen LogP contribution in [0.3, 0.4) is 0 Å². The first-order valence-corrected chi connectivity index (χ1v) is 13.9. The van der Waals surface area contributed by atoms with E-state index in [1.165, 1.54) is 4.70 Å². The van der Waals surface area contributed by atoms with Crippen LogP contribution in [0.25, 0.3) is 10.2 Å². The van der Waals surface area contributed by atoms with Crippen LogP contribution in [0.5, 0.6) is 0 Å². The quantitative estimate of drug-likeness (QED) is 0.538. The van der Waals surface area contributed by atoms with Crippen molar-refractivity contribution >= 4 is 37.5 Å². The van der Waals surface area contributed by atoms with Crippen LogP contribution in [-0.2, 0) is 10.0 Å². The molecule has 33 heavy (non-hydrogen) atoms. The van der Waals surface area contributed by atoms with Crippen LogP contribution >= 0.6 is 11.3 Å². The molecular weight excluding hydrogens is 454 g/mol. The summed E-state index contributed by atoms with van der Waals surface area (Å²) in [5, 5.41) is 1.10. The summed E-state index contributed by atoms with van der Waals surface area (Å²) in [5.74, 6) is 0.934. The van der Waals surface area contributed by atoms with E-state index in [0.29, 0.717) is 30.5 Å². The number of fused-ring (bicyclic) bond motifs is 1. The number of aromatic nitrogens is 1. The Kier molecular flexibility index (Phi) is 6.24. The molecule has 0 aliphatic carbocycles. The van der Waals surface area contributed by atoms with Gasteiger partial charge in [-0.3, -0.25) is 4.79 Å². The van der Waals surface area contributed by atoms with Crippen LogP contribution in [0, 0.1) is 5.92 Å². The maximum Gasteiger partial charge on any atom is 0.253 e.